The first-order valence-corrected chi connectivity index (χ1v) is 13.9. The van der Waals surface area contributed by atoms with Gasteiger partial charge in [-0.05, 0) is 86.6 Å². The van der Waals surface area contributed by atoms with E-state index in [9.17, 15) is 22.8 Å². The van der Waals surface area contributed by atoms with Crippen molar-refractivity contribution in [2.24, 2.45) is 0 Å². The van der Waals surface area contributed by atoms with Crippen LogP contribution in [0, 0.1) is 6.92 Å². The van der Waals surface area contributed by atoms with Crippen molar-refractivity contribution in [1.29, 1.82) is 0 Å². The quantitative estimate of drug-likeness (QED) is 0.276. The lowest BCUT2D eigenvalue weighted by Gasteiger charge is -2.24. The van der Waals surface area contributed by atoms with Gasteiger partial charge in [-0.3, -0.25) is 19.2 Å². The van der Waals surface area contributed by atoms with Crippen LogP contribution in [0.15, 0.2) is 54.6 Å². The van der Waals surface area contributed by atoms with Crippen molar-refractivity contribution in [3.05, 3.63) is 66.0 Å². The molecule has 2 aromatic carbocycles. The van der Waals surface area contributed by atoms with Crippen LogP contribution in [0.4, 0.5) is 24.5 Å². The molecule has 0 unspecified atom stereocenters. The second-order valence-electron chi connectivity index (χ2n) is 9.73. The van der Waals surface area contributed by atoms with Crippen LogP contribution in [0.3, 0.4) is 0 Å². The molecule has 1 fully saturated rings. The van der Waals surface area contributed by atoms with E-state index in [-0.39, 0.29) is 30.5 Å². The van der Waals surface area contributed by atoms with Crippen LogP contribution in [0.5, 0.6) is 11.5 Å². The maximum absolute atomic E-state index is 13.6. The fraction of sp³-hybridized carbons (Fsp3) is 0.379. The molecule has 3 aromatic rings. The number of amides is 2. The number of anilines is 2. The van der Waals surface area contributed by atoms with E-state index in [1.165, 1.54) is 16.7 Å². The van der Waals surface area contributed by atoms with Crippen LogP contribution in [0.2, 0.25) is 0 Å². The fourth-order valence-electron chi connectivity index (χ4n) is 4.56. The third kappa shape index (κ3) is 7.19. The van der Waals surface area contributed by atoms with Crippen LogP contribution < -0.4 is 19.7 Å². The molecule has 0 bridgehead atoms. The van der Waals surface area contributed by atoms with E-state index in [2.05, 4.69) is 10.4 Å². The molecule has 1 aliphatic heterocycles. The lowest BCUT2D eigenvalue weighted by Crippen LogP contribution is -2.38. The van der Waals surface area contributed by atoms with Crippen molar-refractivity contribution in [2.45, 2.75) is 51.9 Å². The molecule has 13 heteroatoms. The highest BCUT2D eigenvalue weighted by Gasteiger charge is 2.44. The zero-order valence-corrected chi connectivity index (χ0v) is 24.3. The number of nitrogens with one attached hydrogen (secondary N) is 1. The molecule has 224 valence electrons. The Balaban J connectivity index is 1.49. The molecule has 2 amide bonds. The summed E-state index contributed by atoms with van der Waals surface area (Å²) in [6, 6.07) is 13.8. The summed E-state index contributed by atoms with van der Waals surface area (Å²) in [5.74, 6) is 0.515. The molecule has 0 radical (unpaired) electrons. The van der Waals surface area contributed by atoms with Gasteiger partial charge in [0.05, 0.1) is 25.8 Å². The Morgan fingerprint density at radius 1 is 1.07 bits per heavy atom. The zero-order valence-electron chi connectivity index (χ0n) is 23.5. The van der Waals surface area contributed by atoms with E-state index in [1.807, 2.05) is 6.92 Å². The summed E-state index contributed by atoms with van der Waals surface area (Å²) in [5, 5.41) is 6.69. The lowest BCUT2D eigenvalue weighted by molar-refractivity contribution is -0.141. The van der Waals surface area contributed by atoms with Gasteiger partial charge < -0.3 is 19.7 Å². The van der Waals surface area contributed by atoms with E-state index >= 15 is 0 Å². The van der Waals surface area contributed by atoms with E-state index < -0.39 is 23.8 Å². The summed E-state index contributed by atoms with van der Waals surface area (Å²) in [6.07, 6.45) is -3.52. The number of methoxy groups -OCH3 is 1. The summed E-state index contributed by atoms with van der Waals surface area (Å²) in [4.78, 5) is 29.7. The van der Waals surface area contributed by atoms with Crippen molar-refractivity contribution in [1.82, 2.24) is 14.7 Å². The number of rotatable bonds is 12. The average molecular weight is 604 g/mol. The molecule has 9 nitrogen and oxygen atoms in total. The van der Waals surface area contributed by atoms with Crippen LogP contribution in [0.25, 0.3) is 0 Å². The minimum atomic E-state index is -4.54. The smallest absolute Gasteiger partial charge is 0.435 e. The van der Waals surface area contributed by atoms with Gasteiger partial charge in [0.2, 0.25) is 5.91 Å². The topological polar surface area (TPSA) is 88.9 Å². The van der Waals surface area contributed by atoms with E-state index in [0.717, 1.165) is 12.5 Å². The molecule has 1 atom stereocenters. The number of hydrogen-bond donors (Lipinski definition) is 1. The number of aryl methyl sites for hydroxylation is 2. The van der Waals surface area contributed by atoms with Gasteiger partial charge in [-0.25, -0.2) is 0 Å². The zero-order chi connectivity index (χ0) is 30.4. The van der Waals surface area contributed by atoms with Crippen molar-refractivity contribution >= 4 is 40.5 Å². The van der Waals surface area contributed by atoms with E-state index in [4.69, 9.17) is 21.7 Å². The van der Waals surface area contributed by atoms with Crippen molar-refractivity contribution in [2.75, 3.05) is 30.5 Å². The standard InChI is InChI=1S/C29H32F3N5O4S/c1-4-16-41-23-10-6-20(7-11-23)33-26(38)18-24-27(39)37(21-8-12-22(40-3)13-9-21)28(42)35(24)14-5-15-36-19(2)17-25(34-36)29(30,31)32/h6-13,17,24H,4-5,14-16,18H2,1-3H3,(H,33,38)/t24-/m1/s1. The molecule has 1 N–H and O–H groups in total. The Kier molecular flexibility index (Phi) is 9.71. The molecular formula is C29H32F3N5O4S. The number of halogens is 3. The first kappa shape index (κ1) is 30.8. The molecule has 0 aliphatic carbocycles. The largest absolute Gasteiger partial charge is 0.497 e. The molecule has 42 heavy (non-hydrogen) atoms. The Bertz CT molecular complexity index is 1410. The number of nitrogens with zero attached hydrogens (tertiary/aromatic N) is 4. The van der Waals surface area contributed by atoms with E-state index in [1.54, 1.807) is 60.4 Å². The molecule has 1 saturated heterocycles. The Morgan fingerprint density at radius 2 is 1.74 bits per heavy atom. The molecular weight excluding hydrogens is 571 g/mol. The fourth-order valence-corrected chi connectivity index (χ4v) is 4.98. The van der Waals surface area contributed by atoms with Gasteiger partial charge in [0.15, 0.2) is 10.8 Å². The van der Waals surface area contributed by atoms with Gasteiger partial charge in [0.25, 0.3) is 5.91 Å². The summed E-state index contributed by atoms with van der Waals surface area (Å²) in [5.41, 5.74) is 0.463. The minimum absolute atomic E-state index is 0.170. The highest BCUT2D eigenvalue weighted by atomic mass is 32.1. The highest BCUT2D eigenvalue weighted by molar-refractivity contribution is 7.80. The number of alkyl halides is 3. The first-order valence-electron chi connectivity index (χ1n) is 13.4. The van der Waals surface area contributed by atoms with Gasteiger partial charge in [-0.1, -0.05) is 6.92 Å². The molecule has 0 spiro atoms. The number of hydrogen-bond acceptors (Lipinski definition) is 6. The minimum Gasteiger partial charge on any atom is -0.497 e. The Labute approximate surface area is 247 Å². The highest BCUT2D eigenvalue weighted by Crippen LogP contribution is 2.30. The van der Waals surface area contributed by atoms with Gasteiger partial charge >= 0.3 is 6.18 Å². The van der Waals surface area contributed by atoms with Gasteiger partial charge in [-0.2, -0.15) is 18.3 Å². The predicted octanol–water partition coefficient (Wildman–Crippen LogP) is 5.43. The summed E-state index contributed by atoms with van der Waals surface area (Å²) in [7, 11) is 1.53. The predicted molar refractivity (Wildman–Crippen MR) is 156 cm³/mol. The van der Waals surface area contributed by atoms with Gasteiger partial charge in [0.1, 0.15) is 17.5 Å². The molecule has 4 rings (SSSR count). The maximum Gasteiger partial charge on any atom is 0.435 e. The summed E-state index contributed by atoms with van der Waals surface area (Å²) in [6.45, 7) is 4.53. The van der Waals surface area contributed by atoms with E-state index in [0.29, 0.717) is 41.6 Å². The molecule has 1 aliphatic rings. The van der Waals surface area contributed by atoms with Crippen LogP contribution >= 0.6 is 12.2 Å². The third-order valence-corrected chi connectivity index (χ3v) is 7.10. The van der Waals surface area contributed by atoms with Crippen LogP contribution in [-0.2, 0) is 22.3 Å². The third-order valence-electron chi connectivity index (χ3n) is 6.68. The van der Waals surface area contributed by atoms with Crippen molar-refractivity contribution < 1.29 is 32.2 Å². The number of benzene rings is 2. The number of thiocarbonyl (C=S) groups is 1. The normalized spacial score (nSPS) is 15.3. The molecule has 1 aromatic heterocycles. The SMILES string of the molecule is CCCOc1ccc(NC(=O)C[C@@H]2C(=O)N(c3ccc(OC)cc3)C(=S)N2CCCn2nc(C(F)(F)F)cc2C)cc1. The number of carbonyl (C=O) groups excluding carboxylic acids is 2. The second-order valence-corrected chi connectivity index (χ2v) is 10.1. The Morgan fingerprint density at radius 3 is 2.33 bits per heavy atom. The van der Waals surface area contributed by atoms with Crippen molar-refractivity contribution in [3.63, 3.8) is 0 Å². The number of carbonyl (C=O) groups is 2. The Hall–Kier alpha value is -4.13. The first-order chi connectivity index (χ1) is 20.0. The second kappa shape index (κ2) is 13.2. The lowest BCUT2D eigenvalue weighted by atomic mass is 10.1. The maximum atomic E-state index is 13.6. The van der Waals surface area contributed by atoms with Crippen LogP contribution in [0.1, 0.15) is 37.6 Å². The number of ether oxygens (including phenoxy) is 2. The number of aromatic nitrogens is 2. The monoisotopic (exact) mass is 603 g/mol. The van der Waals surface area contributed by atoms with Gasteiger partial charge in [0, 0.05) is 24.5 Å². The van der Waals surface area contributed by atoms with Gasteiger partial charge in [-0.15, -0.1) is 0 Å². The molecule has 2 heterocycles. The van der Waals surface area contributed by atoms with Crippen LogP contribution in [-0.4, -0.2) is 57.9 Å². The summed E-state index contributed by atoms with van der Waals surface area (Å²) >= 11 is 5.68. The van der Waals surface area contributed by atoms with Crippen molar-refractivity contribution in [3.8, 4) is 11.5 Å². The molecule has 0 saturated carbocycles. The summed E-state index contributed by atoms with van der Waals surface area (Å²) < 4.78 is 51.3. The average Bonchev–Trinajstić information content (AvgIpc) is 3.45.